The number of hydrogen-bond acceptors (Lipinski definition) is 3. The lowest BCUT2D eigenvalue weighted by molar-refractivity contribution is 0.197. The van der Waals surface area contributed by atoms with Crippen LogP contribution in [0.2, 0.25) is 0 Å². The van der Waals surface area contributed by atoms with Gasteiger partial charge in [-0.3, -0.25) is 4.98 Å². The van der Waals surface area contributed by atoms with Crippen molar-refractivity contribution in [2.75, 3.05) is 26.7 Å². The molecule has 108 valence electrons. The molecule has 0 radical (unpaired) electrons. The van der Waals surface area contributed by atoms with E-state index < -0.39 is 0 Å². The molecule has 1 heterocycles. The molecule has 0 fully saturated rings. The topological polar surface area (TPSA) is 28.2 Å². The summed E-state index contributed by atoms with van der Waals surface area (Å²) in [5, 5.41) is 3.56. The highest BCUT2D eigenvalue weighted by Gasteiger charge is 2.19. The van der Waals surface area contributed by atoms with Crippen molar-refractivity contribution in [2.24, 2.45) is 11.3 Å². The average Bonchev–Trinajstić information content (AvgIpc) is 2.28. The van der Waals surface area contributed by atoms with E-state index in [2.05, 4.69) is 62.1 Å². The summed E-state index contributed by atoms with van der Waals surface area (Å²) in [5.74, 6) is 0.713. The molecule has 0 unspecified atom stereocenters. The Bertz CT molecular complexity index is 346. The Kier molecular flexibility index (Phi) is 6.46. The van der Waals surface area contributed by atoms with Gasteiger partial charge in [0.1, 0.15) is 0 Å². The Morgan fingerprint density at radius 3 is 2.47 bits per heavy atom. The second-order valence-electron chi connectivity index (χ2n) is 6.72. The first-order valence-corrected chi connectivity index (χ1v) is 7.17. The van der Waals surface area contributed by atoms with E-state index in [0.29, 0.717) is 5.92 Å². The summed E-state index contributed by atoms with van der Waals surface area (Å²) in [5.41, 5.74) is 1.61. The molecule has 1 rings (SSSR count). The minimum atomic E-state index is 0.288. The first-order chi connectivity index (χ1) is 8.89. The van der Waals surface area contributed by atoms with Gasteiger partial charge in [0.2, 0.25) is 0 Å². The molecule has 1 aromatic rings. The van der Waals surface area contributed by atoms with E-state index in [1.54, 1.807) is 0 Å². The summed E-state index contributed by atoms with van der Waals surface area (Å²) in [6, 6.07) is 4.17. The summed E-state index contributed by atoms with van der Waals surface area (Å²) in [6.07, 6.45) is 3.72. The summed E-state index contributed by atoms with van der Waals surface area (Å²) < 4.78 is 0. The minimum absolute atomic E-state index is 0.288. The van der Waals surface area contributed by atoms with E-state index in [1.165, 1.54) is 5.56 Å². The largest absolute Gasteiger partial charge is 0.316 e. The second kappa shape index (κ2) is 7.61. The molecule has 1 aromatic heterocycles. The molecule has 0 atom stereocenters. The molecule has 3 heteroatoms. The van der Waals surface area contributed by atoms with Crippen LogP contribution in [0.5, 0.6) is 0 Å². The maximum atomic E-state index is 4.06. The lowest BCUT2D eigenvalue weighted by Gasteiger charge is -2.31. The number of rotatable bonds is 8. The first kappa shape index (κ1) is 16.1. The van der Waals surface area contributed by atoms with Crippen molar-refractivity contribution in [1.82, 2.24) is 15.2 Å². The van der Waals surface area contributed by atoms with Crippen molar-refractivity contribution in [3.63, 3.8) is 0 Å². The maximum absolute atomic E-state index is 4.06. The Labute approximate surface area is 118 Å². The van der Waals surface area contributed by atoms with Crippen molar-refractivity contribution in [1.29, 1.82) is 0 Å². The molecular weight excluding hydrogens is 234 g/mol. The van der Waals surface area contributed by atoms with Crippen LogP contribution < -0.4 is 5.32 Å². The molecule has 0 aliphatic rings. The van der Waals surface area contributed by atoms with Gasteiger partial charge in [0.05, 0.1) is 0 Å². The highest BCUT2D eigenvalue weighted by molar-refractivity contribution is 5.09. The zero-order valence-electron chi connectivity index (χ0n) is 13.1. The van der Waals surface area contributed by atoms with E-state index in [0.717, 1.165) is 26.2 Å². The van der Waals surface area contributed by atoms with Gasteiger partial charge in [-0.2, -0.15) is 0 Å². The third-order valence-corrected chi connectivity index (χ3v) is 3.06. The van der Waals surface area contributed by atoms with Crippen LogP contribution in [0.25, 0.3) is 0 Å². The zero-order valence-corrected chi connectivity index (χ0v) is 13.1. The van der Waals surface area contributed by atoms with E-state index in [4.69, 9.17) is 0 Å². The normalized spacial score (nSPS) is 12.4. The Balaban J connectivity index is 2.35. The predicted octanol–water partition coefficient (Wildman–Crippen LogP) is 2.79. The zero-order chi connectivity index (χ0) is 14.3. The SMILES string of the molecule is CC(C)CNCC(C)(C)CN(C)Cc1ccncc1. The highest BCUT2D eigenvalue weighted by Crippen LogP contribution is 2.16. The summed E-state index contributed by atoms with van der Waals surface area (Å²) in [4.78, 5) is 6.44. The second-order valence-corrected chi connectivity index (χ2v) is 6.72. The lowest BCUT2D eigenvalue weighted by atomic mass is 9.92. The van der Waals surface area contributed by atoms with Crippen LogP contribution in [-0.4, -0.2) is 36.6 Å². The molecular formula is C16H29N3. The lowest BCUT2D eigenvalue weighted by Crippen LogP contribution is -2.39. The van der Waals surface area contributed by atoms with Gasteiger partial charge in [-0.1, -0.05) is 27.7 Å². The quantitative estimate of drug-likeness (QED) is 0.781. The summed E-state index contributed by atoms with van der Waals surface area (Å²) in [6.45, 7) is 13.4. The van der Waals surface area contributed by atoms with Crippen LogP contribution in [0.4, 0.5) is 0 Å². The first-order valence-electron chi connectivity index (χ1n) is 7.17. The number of aromatic nitrogens is 1. The smallest absolute Gasteiger partial charge is 0.0271 e. The molecule has 3 nitrogen and oxygen atoms in total. The Morgan fingerprint density at radius 2 is 1.89 bits per heavy atom. The van der Waals surface area contributed by atoms with Gasteiger partial charge in [0.25, 0.3) is 0 Å². The van der Waals surface area contributed by atoms with Crippen molar-refractivity contribution in [3.8, 4) is 0 Å². The minimum Gasteiger partial charge on any atom is -0.316 e. The fourth-order valence-electron chi connectivity index (χ4n) is 2.34. The molecule has 0 aliphatic heterocycles. The average molecular weight is 263 g/mol. The standard InChI is InChI=1S/C16H29N3/c1-14(2)10-18-12-16(3,4)13-19(5)11-15-6-8-17-9-7-15/h6-9,14,18H,10-13H2,1-5H3. The van der Waals surface area contributed by atoms with Gasteiger partial charge in [-0.25, -0.2) is 0 Å². The fourth-order valence-corrected chi connectivity index (χ4v) is 2.34. The van der Waals surface area contributed by atoms with E-state index >= 15 is 0 Å². The molecule has 19 heavy (non-hydrogen) atoms. The summed E-state index contributed by atoms with van der Waals surface area (Å²) in [7, 11) is 2.19. The van der Waals surface area contributed by atoms with Crippen LogP contribution in [-0.2, 0) is 6.54 Å². The van der Waals surface area contributed by atoms with E-state index in [-0.39, 0.29) is 5.41 Å². The molecule has 0 aliphatic carbocycles. The van der Waals surface area contributed by atoms with Gasteiger partial charge >= 0.3 is 0 Å². The highest BCUT2D eigenvalue weighted by atomic mass is 15.1. The molecule has 0 saturated carbocycles. The summed E-state index contributed by atoms with van der Waals surface area (Å²) >= 11 is 0. The van der Waals surface area contributed by atoms with Gasteiger partial charge in [-0.15, -0.1) is 0 Å². The number of nitrogens with one attached hydrogen (secondary N) is 1. The van der Waals surface area contributed by atoms with Crippen molar-refractivity contribution < 1.29 is 0 Å². The van der Waals surface area contributed by atoms with E-state index in [1.807, 2.05) is 12.4 Å². The number of hydrogen-bond donors (Lipinski definition) is 1. The van der Waals surface area contributed by atoms with E-state index in [9.17, 15) is 0 Å². The monoisotopic (exact) mass is 263 g/mol. The predicted molar refractivity (Wildman–Crippen MR) is 82.1 cm³/mol. The van der Waals surface area contributed by atoms with Gasteiger partial charge < -0.3 is 10.2 Å². The van der Waals surface area contributed by atoms with Crippen molar-refractivity contribution in [2.45, 2.75) is 34.2 Å². The van der Waals surface area contributed by atoms with Crippen molar-refractivity contribution >= 4 is 0 Å². The third-order valence-electron chi connectivity index (χ3n) is 3.06. The molecule has 0 saturated heterocycles. The van der Waals surface area contributed by atoms with Crippen molar-refractivity contribution in [3.05, 3.63) is 30.1 Å². The molecule has 0 amide bonds. The van der Waals surface area contributed by atoms with Crippen LogP contribution in [0.3, 0.4) is 0 Å². The Hall–Kier alpha value is -0.930. The van der Waals surface area contributed by atoms with Gasteiger partial charge in [0, 0.05) is 32.0 Å². The number of pyridine rings is 1. The van der Waals surface area contributed by atoms with Crippen LogP contribution in [0, 0.1) is 11.3 Å². The van der Waals surface area contributed by atoms with Gasteiger partial charge in [0.15, 0.2) is 0 Å². The van der Waals surface area contributed by atoms with Crippen LogP contribution in [0.1, 0.15) is 33.3 Å². The van der Waals surface area contributed by atoms with Gasteiger partial charge in [-0.05, 0) is 42.6 Å². The van der Waals surface area contributed by atoms with Crippen LogP contribution in [0.15, 0.2) is 24.5 Å². The fraction of sp³-hybridized carbons (Fsp3) is 0.688. The molecule has 0 bridgehead atoms. The maximum Gasteiger partial charge on any atom is 0.0271 e. The molecule has 0 aromatic carbocycles. The molecule has 1 N–H and O–H groups in total. The van der Waals surface area contributed by atoms with Crippen LogP contribution >= 0.6 is 0 Å². The Morgan fingerprint density at radius 1 is 1.26 bits per heavy atom. The number of nitrogens with zero attached hydrogens (tertiary/aromatic N) is 2. The third kappa shape index (κ3) is 7.28. The molecule has 0 spiro atoms.